The molecule has 2 aromatic carbocycles. The van der Waals surface area contributed by atoms with Crippen LogP contribution in [0, 0.1) is 5.92 Å². The lowest BCUT2D eigenvalue weighted by Gasteiger charge is -2.24. The number of carbonyl (C=O) groups is 2. The summed E-state index contributed by atoms with van der Waals surface area (Å²) in [4.78, 5) is 24.5. The Morgan fingerprint density at radius 1 is 1.07 bits per heavy atom. The minimum absolute atomic E-state index is 0.139. The van der Waals surface area contributed by atoms with Crippen molar-refractivity contribution in [1.29, 1.82) is 0 Å². The van der Waals surface area contributed by atoms with Crippen LogP contribution < -0.4 is 16.0 Å². The molecule has 0 aliphatic heterocycles. The molecular weight excluding hydrogens is 407 g/mol. The molecule has 0 saturated heterocycles. The highest BCUT2D eigenvalue weighted by molar-refractivity contribution is 6.33. The highest BCUT2D eigenvalue weighted by atomic mass is 35.5. The van der Waals surface area contributed by atoms with E-state index >= 15 is 0 Å². The summed E-state index contributed by atoms with van der Waals surface area (Å²) < 4.78 is 38.4. The molecule has 0 radical (unpaired) electrons. The van der Waals surface area contributed by atoms with Crippen molar-refractivity contribution >= 4 is 34.8 Å². The second kappa shape index (κ2) is 9.17. The first kappa shape index (κ1) is 22.5. The first-order valence-corrected chi connectivity index (χ1v) is 9.17. The fourth-order valence-electron chi connectivity index (χ4n) is 2.61. The van der Waals surface area contributed by atoms with E-state index in [9.17, 15) is 22.8 Å². The lowest BCUT2D eigenvalue weighted by Crippen LogP contribution is -2.39. The van der Waals surface area contributed by atoms with Gasteiger partial charge in [0, 0.05) is 18.3 Å². The van der Waals surface area contributed by atoms with Gasteiger partial charge in [-0.05, 0) is 42.3 Å². The maximum atomic E-state index is 12.8. The molecule has 0 spiro atoms. The molecule has 0 saturated carbocycles. The minimum atomic E-state index is -4.51. The molecule has 0 fully saturated rings. The molecule has 156 valence electrons. The van der Waals surface area contributed by atoms with Crippen LogP contribution in [0.2, 0.25) is 5.02 Å². The van der Waals surface area contributed by atoms with Gasteiger partial charge < -0.3 is 16.0 Å². The van der Waals surface area contributed by atoms with Crippen molar-refractivity contribution in [1.82, 2.24) is 5.32 Å². The van der Waals surface area contributed by atoms with Crippen molar-refractivity contribution in [2.75, 3.05) is 17.7 Å². The number of hydrogen-bond acceptors (Lipinski definition) is 3. The second-order valence-electron chi connectivity index (χ2n) is 6.71. The summed E-state index contributed by atoms with van der Waals surface area (Å²) in [5, 5.41) is 7.98. The predicted octanol–water partition coefficient (Wildman–Crippen LogP) is 4.79. The van der Waals surface area contributed by atoms with Gasteiger partial charge in [-0.2, -0.15) is 13.2 Å². The van der Waals surface area contributed by atoms with Gasteiger partial charge in [0.2, 0.25) is 5.91 Å². The third-order valence-corrected chi connectivity index (χ3v) is 4.49. The number of hydrogen-bond donors (Lipinski definition) is 3. The van der Waals surface area contributed by atoms with Crippen molar-refractivity contribution in [3.63, 3.8) is 0 Å². The molecule has 2 rings (SSSR count). The molecule has 29 heavy (non-hydrogen) atoms. The highest BCUT2D eigenvalue weighted by Gasteiger charge is 2.31. The van der Waals surface area contributed by atoms with Gasteiger partial charge >= 0.3 is 6.18 Å². The first-order valence-electron chi connectivity index (χ1n) is 8.79. The number of rotatable bonds is 6. The summed E-state index contributed by atoms with van der Waals surface area (Å²) in [5.74, 6) is -0.906. The molecule has 2 aromatic rings. The molecule has 1 atom stereocenters. The van der Waals surface area contributed by atoms with E-state index in [-0.39, 0.29) is 22.5 Å². The van der Waals surface area contributed by atoms with Crippen LogP contribution in [0.3, 0.4) is 0 Å². The summed E-state index contributed by atoms with van der Waals surface area (Å²) in [6.45, 7) is 3.58. The number of carbonyl (C=O) groups excluding carboxylic acids is 2. The Balaban J connectivity index is 2.20. The molecule has 0 aliphatic rings. The molecule has 9 heteroatoms. The summed E-state index contributed by atoms with van der Waals surface area (Å²) in [7, 11) is 1.50. The predicted molar refractivity (Wildman–Crippen MR) is 107 cm³/mol. The van der Waals surface area contributed by atoms with Gasteiger partial charge in [0.25, 0.3) is 5.91 Å². The quantitative estimate of drug-likeness (QED) is 0.620. The monoisotopic (exact) mass is 427 g/mol. The Morgan fingerprint density at radius 2 is 1.76 bits per heavy atom. The average Bonchev–Trinajstić information content (AvgIpc) is 2.65. The zero-order chi connectivity index (χ0) is 21.8. The molecule has 2 amide bonds. The van der Waals surface area contributed by atoms with E-state index in [1.165, 1.54) is 19.2 Å². The first-order chi connectivity index (χ1) is 13.5. The van der Waals surface area contributed by atoms with Crippen LogP contribution in [0.15, 0.2) is 42.5 Å². The van der Waals surface area contributed by atoms with Gasteiger partial charge in [0.05, 0.1) is 16.3 Å². The minimum Gasteiger partial charge on any atom is -0.372 e. The largest absolute Gasteiger partial charge is 0.416 e. The van der Waals surface area contributed by atoms with E-state index in [1.807, 2.05) is 0 Å². The van der Waals surface area contributed by atoms with Crippen LogP contribution in [-0.2, 0) is 11.0 Å². The molecule has 5 nitrogen and oxygen atoms in total. The van der Waals surface area contributed by atoms with E-state index in [2.05, 4.69) is 16.0 Å². The van der Waals surface area contributed by atoms with E-state index < -0.39 is 23.7 Å². The molecule has 0 bridgehead atoms. The molecule has 1 unspecified atom stereocenters. The Hall–Kier alpha value is -2.74. The third kappa shape index (κ3) is 5.87. The van der Waals surface area contributed by atoms with E-state index in [0.29, 0.717) is 11.3 Å². The Morgan fingerprint density at radius 3 is 2.31 bits per heavy atom. The lowest BCUT2D eigenvalue weighted by molar-refractivity contribution is -0.137. The van der Waals surface area contributed by atoms with Crippen molar-refractivity contribution in [2.45, 2.75) is 26.1 Å². The molecule has 0 aliphatic carbocycles. The van der Waals surface area contributed by atoms with Crippen LogP contribution >= 0.6 is 11.6 Å². The van der Waals surface area contributed by atoms with Gasteiger partial charge in [-0.1, -0.05) is 31.5 Å². The van der Waals surface area contributed by atoms with Crippen molar-refractivity contribution in [3.05, 3.63) is 58.6 Å². The Bertz CT molecular complexity index is 901. The van der Waals surface area contributed by atoms with Gasteiger partial charge in [-0.25, -0.2) is 0 Å². The molecule has 3 N–H and O–H groups in total. The zero-order valence-electron chi connectivity index (χ0n) is 16.0. The highest BCUT2D eigenvalue weighted by Crippen LogP contribution is 2.34. The Kier molecular flexibility index (Phi) is 7.13. The van der Waals surface area contributed by atoms with Gasteiger partial charge in [-0.3, -0.25) is 9.59 Å². The maximum Gasteiger partial charge on any atom is 0.416 e. The van der Waals surface area contributed by atoms with Gasteiger partial charge in [-0.15, -0.1) is 0 Å². The number of anilines is 2. The SMILES string of the molecule is CNC(=O)c1cccc(NC(=O)C(Nc2ccc(C(F)(F)F)cc2Cl)C(C)C)c1. The van der Waals surface area contributed by atoms with E-state index in [1.54, 1.807) is 32.0 Å². The summed E-state index contributed by atoms with van der Waals surface area (Å²) >= 11 is 5.98. The number of nitrogens with one attached hydrogen (secondary N) is 3. The van der Waals surface area contributed by atoms with Crippen molar-refractivity contribution in [2.24, 2.45) is 5.92 Å². The lowest BCUT2D eigenvalue weighted by atomic mass is 10.0. The topological polar surface area (TPSA) is 70.2 Å². The number of alkyl halides is 3. The number of amides is 2. The summed E-state index contributed by atoms with van der Waals surface area (Å²) in [5.41, 5.74) is 0.143. The number of halogens is 4. The summed E-state index contributed by atoms with van der Waals surface area (Å²) in [6.07, 6.45) is -4.51. The van der Waals surface area contributed by atoms with E-state index in [0.717, 1.165) is 12.1 Å². The standard InChI is InChI=1S/C20H21ClF3N3O2/c1-11(2)17(27-16-8-7-13(10-15(16)21)20(22,23)24)19(29)26-14-6-4-5-12(9-14)18(28)25-3/h4-11,17,27H,1-3H3,(H,25,28)(H,26,29). The smallest absolute Gasteiger partial charge is 0.372 e. The number of benzene rings is 2. The third-order valence-electron chi connectivity index (χ3n) is 4.18. The molecule has 0 aromatic heterocycles. The zero-order valence-corrected chi connectivity index (χ0v) is 16.8. The van der Waals surface area contributed by atoms with Crippen molar-refractivity contribution in [3.8, 4) is 0 Å². The van der Waals surface area contributed by atoms with Crippen LogP contribution in [0.25, 0.3) is 0 Å². The average molecular weight is 428 g/mol. The fourth-order valence-corrected chi connectivity index (χ4v) is 2.85. The molecule has 0 heterocycles. The maximum absolute atomic E-state index is 12.8. The summed E-state index contributed by atoms with van der Waals surface area (Å²) in [6, 6.07) is 8.53. The van der Waals surface area contributed by atoms with Crippen molar-refractivity contribution < 1.29 is 22.8 Å². The van der Waals surface area contributed by atoms with E-state index in [4.69, 9.17) is 11.6 Å². The van der Waals surface area contributed by atoms with Crippen LogP contribution in [0.5, 0.6) is 0 Å². The van der Waals surface area contributed by atoms with Gasteiger partial charge in [0.15, 0.2) is 0 Å². The Labute approximate surface area is 171 Å². The van der Waals surface area contributed by atoms with Crippen LogP contribution in [0.4, 0.5) is 24.5 Å². The normalized spacial score (nSPS) is 12.4. The molecular formula is C20H21ClF3N3O2. The fraction of sp³-hybridized carbons (Fsp3) is 0.300. The van der Waals surface area contributed by atoms with Gasteiger partial charge in [0.1, 0.15) is 6.04 Å². The van der Waals surface area contributed by atoms with Crippen LogP contribution in [0.1, 0.15) is 29.8 Å². The second-order valence-corrected chi connectivity index (χ2v) is 7.11. The van der Waals surface area contributed by atoms with Crippen LogP contribution in [-0.4, -0.2) is 24.9 Å².